The molecular weight excluding hydrogens is 142 g/mol. The van der Waals surface area contributed by atoms with Crippen molar-refractivity contribution in [3.63, 3.8) is 0 Å². The summed E-state index contributed by atoms with van der Waals surface area (Å²) < 4.78 is 0. The number of carbonyl (C=O) groups is 1. The van der Waals surface area contributed by atoms with Crippen LogP contribution in [0.25, 0.3) is 0 Å². The number of carbonyl (C=O) groups excluding carboxylic acids is 1. The van der Waals surface area contributed by atoms with Gasteiger partial charge in [0, 0.05) is 13.0 Å². The van der Waals surface area contributed by atoms with Crippen LogP contribution in [0.1, 0.15) is 33.1 Å². The summed E-state index contributed by atoms with van der Waals surface area (Å²) in [5.41, 5.74) is 0. The van der Waals surface area contributed by atoms with E-state index in [-0.39, 0.29) is 12.0 Å². The molecule has 11 heavy (non-hydrogen) atoms. The zero-order valence-corrected chi connectivity index (χ0v) is 7.26. The Hall–Kier alpha value is -0.570. The summed E-state index contributed by atoms with van der Waals surface area (Å²) in [4.78, 5) is 10.7. The van der Waals surface area contributed by atoms with E-state index in [4.69, 9.17) is 0 Å². The zero-order valence-electron chi connectivity index (χ0n) is 7.26. The Kier molecular flexibility index (Phi) is 5.84. The van der Waals surface area contributed by atoms with E-state index in [0.29, 0.717) is 13.0 Å². The van der Waals surface area contributed by atoms with Crippen molar-refractivity contribution in [1.82, 2.24) is 5.32 Å². The van der Waals surface area contributed by atoms with Gasteiger partial charge in [0.05, 0.1) is 6.10 Å². The minimum Gasteiger partial charge on any atom is -0.391 e. The van der Waals surface area contributed by atoms with Crippen LogP contribution < -0.4 is 5.32 Å². The molecule has 2 N–H and O–H groups in total. The Morgan fingerprint density at radius 2 is 2.18 bits per heavy atom. The van der Waals surface area contributed by atoms with Crippen LogP contribution in [0.2, 0.25) is 0 Å². The van der Waals surface area contributed by atoms with Gasteiger partial charge in [0.25, 0.3) is 0 Å². The second kappa shape index (κ2) is 6.16. The van der Waals surface area contributed by atoms with Gasteiger partial charge in [-0.15, -0.1) is 0 Å². The summed E-state index contributed by atoms with van der Waals surface area (Å²) in [6.45, 7) is 4.19. The molecule has 0 heterocycles. The molecule has 0 saturated carbocycles. The molecule has 0 aliphatic rings. The molecule has 0 bridgehead atoms. The highest BCUT2D eigenvalue weighted by molar-refractivity contribution is 5.75. The van der Waals surface area contributed by atoms with Gasteiger partial charge in [-0.2, -0.15) is 0 Å². The lowest BCUT2D eigenvalue weighted by Gasteiger charge is -2.09. The Labute approximate surface area is 67.8 Å². The average molecular weight is 159 g/mol. The number of hydrogen-bond donors (Lipinski definition) is 2. The third-order valence-corrected chi connectivity index (χ3v) is 1.48. The van der Waals surface area contributed by atoms with E-state index < -0.39 is 0 Å². The van der Waals surface area contributed by atoms with Crippen molar-refractivity contribution in [2.45, 2.75) is 39.2 Å². The van der Waals surface area contributed by atoms with Crippen LogP contribution in [-0.4, -0.2) is 23.7 Å². The molecule has 3 nitrogen and oxygen atoms in total. The van der Waals surface area contributed by atoms with Gasteiger partial charge < -0.3 is 10.4 Å². The minimum absolute atomic E-state index is 0.000142. The normalized spacial score (nSPS) is 12.6. The third kappa shape index (κ3) is 5.85. The summed E-state index contributed by atoms with van der Waals surface area (Å²) in [5, 5.41) is 11.8. The first-order chi connectivity index (χ1) is 5.20. The van der Waals surface area contributed by atoms with E-state index in [1.54, 1.807) is 6.92 Å². The molecule has 0 aromatic carbocycles. The van der Waals surface area contributed by atoms with Crippen molar-refractivity contribution in [2.75, 3.05) is 6.54 Å². The van der Waals surface area contributed by atoms with Crippen molar-refractivity contribution in [2.24, 2.45) is 0 Å². The van der Waals surface area contributed by atoms with E-state index in [1.807, 2.05) is 6.92 Å². The van der Waals surface area contributed by atoms with Crippen LogP contribution in [0.4, 0.5) is 0 Å². The summed E-state index contributed by atoms with van der Waals surface area (Å²) >= 11 is 0. The van der Waals surface area contributed by atoms with Crippen LogP contribution in [0, 0.1) is 0 Å². The smallest absolute Gasteiger partial charge is 0.219 e. The number of aliphatic hydroxyl groups is 1. The van der Waals surface area contributed by atoms with Gasteiger partial charge in [0.1, 0.15) is 0 Å². The first-order valence-electron chi connectivity index (χ1n) is 4.15. The molecule has 0 saturated heterocycles. The maximum Gasteiger partial charge on any atom is 0.219 e. The van der Waals surface area contributed by atoms with Crippen molar-refractivity contribution >= 4 is 5.91 Å². The van der Waals surface area contributed by atoms with E-state index in [2.05, 4.69) is 5.32 Å². The first-order valence-corrected chi connectivity index (χ1v) is 4.15. The summed E-state index contributed by atoms with van der Waals surface area (Å²) in [6, 6.07) is 0. The fourth-order valence-corrected chi connectivity index (χ4v) is 0.792. The predicted octanol–water partition coefficient (Wildman–Crippen LogP) is 0.674. The summed E-state index contributed by atoms with van der Waals surface area (Å²) in [5.74, 6) is 0.000142. The molecule has 66 valence electrons. The molecule has 1 atom stereocenters. The SMILES string of the molecule is CCC[C@@H](O)CNC(=O)CC. The molecule has 0 rings (SSSR count). The van der Waals surface area contributed by atoms with Gasteiger partial charge in [-0.1, -0.05) is 20.3 Å². The standard InChI is InChI=1S/C8H17NO2/c1-3-5-7(10)6-9-8(11)4-2/h7,10H,3-6H2,1-2H3,(H,9,11)/t7-/m1/s1. The number of amides is 1. The van der Waals surface area contributed by atoms with Crippen molar-refractivity contribution < 1.29 is 9.90 Å². The van der Waals surface area contributed by atoms with Gasteiger partial charge in [-0.3, -0.25) is 4.79 Å². The van der Waals surface area contributed by atoms with E-state index in [9.17, 15) is 9.90 Å². The first kappa shape index (κ1) is 10.4. The largest absolute Gasteiger partial charge is 0.391 e. The Morgan fingerprint density at radius 3 is 2.64 bits per heavy atom. The fourth-order valence-electron chi connectivity index (χ4n) is 0.792. The lowest BCUT2D eigenvalue weighted by molar-refractivity contribution is -0.121. The Bertz CT molecular complexity index is 115. The van der Waals surface area contributed by atoms with E-state index in [1.165, 1.54) is 0 Å². The molecule has 0 aromatic heterocycles. The van der Waals surface area contributed by atoms with Crippen molar-refractivity contribution in [3.8, 4) is 0 Å². The number of nitrogens with one attached hydrogen (secondary N) is 1. The maximum absolute atomic E-state index is 10.7. The molecule has 0 aromatic rings. The van der Waals surface area contributed by atoms with Gasteiger partial charge in [0.2, 0.25) is 5.91 Å². The fraction of sp³-hybridized carbons (Fsp3) is 0.875. The van der Waals surface area contributed by atoms with Crippen LogP contribution in [-0.2, 0) is 4.79 Å². The lowest BCUT2D eigenvalue weighted by Crippen LogP contribution is -2.31. The maximum atomic E-state index is 10.7. The average Bonchev–Trinajstić information content (AvgIpc) is 2.01. The zero-order chi connectivity index (χ0) is 8.69. The second-order valence-electron chi connectivity index (χ2n) is 2.60. The van der Waals surface area contributed by atoms with Gasteiger partial charge in [0.15, 0.2) is 0 Å². The highest BCUT2D eigenvalue weighted by Crippen LogP contribution is 1.93. The second-order valence-corrected chi connectivity index (χ2v) is 2.60. The summed E-state index contributed by atoms with van der Waals surface area (Å²) in [6.07, 6.45) is 1.81. The van der Waals surface area contributed by atoms with Crippen LogP contribution >= 0.6 is 0 Å². The Morgan fingerprint density at radius 1 is 1.55 bits per heavy atom. The van der Waals surface area contributed by atoms with Gasteiger partial charge >= 0.3 is 0 Å². The molecular formula is C8H17NO2. The lowest BCUT2D eigenvalue weighted by atomic mass is 10.2. The van der Waals surface area contributed by atoms with E-state index in [0.717, 1.165) is 12.8 Å². The number of aliphatic hydroxyl groups excluding tert-OH is 1. The van der Waals surface area contributed by atoms with Gasteiger partial charge in [-0.25, -0.2) is 0 Å². The molecule has 0 fully saturated rings. The predicted molar refractivity (Wildman–Crippen MR) is 44.2 cm³/mol. The molecule has 0 aliphatic carbocycles. The van der Waals surface area contributed by atoms with Crippen LogP contribution in [0.3, 0.4) is 0 Å². The molecule has 0 unspecified atom stereocenters. The molecule has 0 aliphatic heterocycles. The highest BCUT2D eigenvalue weighted by atomic mass is 16.3. The van der Waals surface area contributed by atoms with Crippen molar-refractivity contribution in [3.05, 3.63) is 0 Å². The third-order valence-electron chi connectivity index (χ3n) is 1.48. The van der Waals surface area contributed by atoms with Crippen molar-refractivity contribution in [1.29, 1.82) is 0 Å². The Balaban J connectivity index is 3.29. The molecule has 0 spiro atoms. The molecule has 1 amide bonds. The van der Waals surface area contributed by atoms with Crippen LogP contribution in [0.15, 0.2) is 0 Å². The number of rotatable bonds is 5. The topological polar surface area (TPSA) is 49.3 Å². The number of hydrogen-bond acceptors (Lipinski definition) is 2. The monoisotopic (exact) mass is 159 g/mol. The quantitative estimate of drug-likeness (QED) is 0.619. The van der Waals surface area contributed by atoms with E-state index >= 15 is 0 Å². The summed E-state index contributed by atoms with van der Waals surface area (Å²) in [7, 11) is 0. The van der Waals surface area contributed by atoms with Crippen LogP contribution in [0.5, 0.6) is 0 Å². The molecule has 3 heteroatoms. The highest BCUT2D eigenvalue weighted by Gasteiger charge is 2.03. The van der Waals surface area contributed by atoms with Gasteiger partial charge in [-0.05, 0) is 6.42 Å². The molecule has 0 radical (unpaired) electrons. The minimum atomic E-state index is -0.379.